The van der Waals surface area contributed by atoms with Gasteiger partial charge in [-0.15, -0.1) is 11.8 Å². The Morgan fingerprint density at radius 1 is 0.758 bits per heavy atom. The minimum Gasteiger partial charge on any atom is -0.322 e. The van der Waals surface area contributed by atoms with E-state index in [0.717, 1.165) is 38.0 Å². The Kier molecular flexibility index (Phi) is 5.71. The van der Waals surface area contributed by atoms with Crippen LogP contribution in [-0.2, 0) is 0 Å². The second-order valence-corrected chi connectivity index (χ2v) is 8.89. The molecule has 5 aromatic rings. The molecule has 1 N–H and O–H groups in total. The predicted octanol–water partition coefficient (Wildman–Crippen LogP) is 6.79. The van der Waals surface area contributed by atoms with Crippen LogP contribution in [0.4, 0.5) is 5.69 Å². The maximum Gasteiger partial charge on any atom is 0.255 e. The van der Waals surface area contributed by atoms with Crippen LogP contribution in [-0.4, -0.2) is 22.1 Å². The first-order valence-electron chi connectivity index (χ1n) is 10.7. The van der Waals surface area contributed by atoms with Crippen LogP contribution >= 0.6 is 11.8 Å². The van der Waals surface area contributed by atoms with Gasteiger partial charge in [0.15, 0.2) is 0 Å². The predicted molar refractivity (Wildman–Crippen MR) is 136 cm³/mol. The van der Waals surface area contributed by atoms with Crippen molar-refractivity contribution in [2.45, 2.75) is 11.8 Å². The van der Waals surface area contributed by atoms with Gasteiger partial charge in [0, 0.05) is 26.9 Å². The highest BCUT2D eigenvalue weighted by atomic mass is 32.2. The number of aryl methyl sites for hydroxylation is 1. The van der Waals surface area contributed by atoms with Gasteiger partial charge in [-0.3, -0.25) is 14.2 Å². The van der Waals surface area contributed by atoms with Crippen LogP contribution in [0.5, 0.6) is 0 Å². The number of amides is 1. The van der Waals surface area contributed by atoms with Crippen LogP contribution in [0.25, 0.3) is 21.8 Å². The molecule has 0 aliphatic heterocycles. The van der Waals surface area contributed by atoms with Crippen LogP contribution in [0.3, 0.4) is 0 Å². The van der Waals surface area contributed by atoms with E-state index in [1.807, 2.05) is 96.4 Å². The molecule has 0 radical (unpaired) electrons. The van der Waals surface area contributed by atoms with E-state index in [0.29, 0.717) is 11.3 Å². The lowest BCUT2D eigenvalue weighted by Crippen LogP contribution is -2.13. The number of carbonyl (C=O) groups excluding carboxylic acids is 2. The summed E-state index contributed by atoms with van der Waals surface area (Å²) >= 11 is 1.49. The Hall–Kier alpha value is -3.83. The third-order valence-corrected chi connectivity index (χ3v) is 6.69. The van der Waals surface area contributed by atoms with Gasteiger partial charge >= 0.3 is 0 Å². The number of thioether (sulfide) groups is 1. The van der Waals surface area contributed by atoms with Crippen molar-refractivity contribution in [3.05, 3.63) is 108 Å². The first-order chi connectivity index (χ1) is 16.1. The molecule has 4 nitrogen and oxygen atoms in total. The molecule has 0 spiro atoms. The highest BCUT2D eigenvalue weighted by molar-refractivity contribution is 8.00. The molecule has 0 bridgehead atoms. The van der Waals surface area contributed by atoms with Gasteiger partial charge in [-0.05, 0) is 55.0 Å². The number of anilines is 1. The Morgan fingerprint density at radius 2 is 1.33 bits per heavy atom. The number of aromatic nitrogens is 1. The molecular formula is C28H22N2O2S. The van der Waals surface area contributed by atoms with Crippen LogP contribution in [0, 0.1) is 6.92 Å². The Morgan fingerprint density at radius 3 is 1.97 bits per heavy atom. The van der Waals surface area contributed by atoms with E-state index in [-0.39, 0.29) is 11.8 Å². The number of nitrogens with zero attached hydrogens (tertiary/aromatic N) is 1. The average Bonchev–Trinajstić information content (AvgIpc) is 3.18. The van der Waals surface area contributed by atoms with Crippen molar-refractivity contribution in [1.82, 2.24) is 4.57 Å². The number of para-hydroxylation sites is 2. The third-order valence-electron chi connectivity index (χ3n) is 5.69. The SMILES string of the molecule is Cc1ccccc1C(=O)Nc1ccc(SCC(=O)n2c3ccccc3c3ccccc32)cc1. The quantitative estimate of drug-likeness (QED) is 0.300. The first kappa shape index (κ1) is 21.0. The maximum absolute atomic E-state index is 13.2. The van der Waals surface area contributed by atoms with E-state index in [2.05, 4.69) is 17.4 Å². The van der Waals surface area contributed by atoms with Gasteiger partial charge in [0.05, 0.1) is 16.8 Å². The Labute approximate surface area is 196 Å². The highest BCUT2D eigenvalue weighted by Gasteiger charge is 2.15. The number of hydrogen-bond acceptors (Lipinski definition) is 3. The van der Waals surface area contributed by atoms with Crippen LogP contribution in [0.1, 0.15) is 20.7 Å². The molecule has 1 aromatic heterocycles. The zero-order chi connectivity index (χ0) is 22.8. The number of nitrogens with one attached hydrogen (secondary N) is 1. The zero-order valence-electron chi connectivity index (χ0n) is 18.1. The van der Waals surface area contributed by atoms with Crippen molar-refractivity contribution in [2.24, 2.45) is 0 Å². The molecule has 1 heterocycles. The van der Waals surface area contributed by atoms with Gasteiger partial charge in [0.2, 0.25) is 5.91 Å². The molecule has 0 saturated heterocycles. The molecule has 4 aromatic carbocycles. The molecule has 0 fully saturated rings. The molecule has 0 aliphatic rings. The van der Waals surface area contributed by atoms with Gasteiger partial charge in [0.25, 0.3) is 5.91 Å². The number of benzene rings is 4. The lowest BCUT2D eigenvalue weighted by molar-refractivity contribution is 0.0950. The molecular weight excluding hydrogens is 428 g/mol. The fourth-order valence-electron chi connectivity index (χ4n) is 4.06. The van der Waals surface area contributed by atoms with Crippen LogP contribution in [0.15, 0.2) is 102 Å². The molecule has 1 amide bonds. The maximum atomic E-state index is 13.2. The van der Waals surface area contributed by atoms with Crippen molar-refractivity contribution in [3.63, 3.8) is 0 Å². The van der Waals surface area contributed by atoms with Crippen molar-refractivity contribution < 1.29 is 9.59 Å². The monoisotopic (exact) mass is 450 g/mol. The summed E-state index contributed by atoms with van der Waals surface area (Å²) < 4.78 is 1.81. The number of fused-ring (bicyclic) bond motifs is 3. The molecule has 33 heavy (non-hydrogen) atoms. The van der Waals surface area contributed by atoms with Crippen LogP contribution < -0.4 is 5.32 Å². The standard InChI is InChI=1S/C28H22N2O2S/c1-19-8-2-3-9-22(19)28(32)29-20-14-16-21(17-15-20)33-18-27(31)30-25-12-6-4-10-23(25)24-11-5-7-13-26(24)30/h2-17H,18H2,1H3,(H,29,32). The fraction of sp³-hybridized carbons (Fsp3) is 0.0714. The number of hydrogen-bond donors (Lipinski definition) is 1. The topological polar surface area (TPSA) is 51.1 Å². The summed E-state index contributed by atoms with van der Waals surface area (Å²) in [5.41, 5.74) is 4.18. The molecule has 0 atom stereocenters. The van der Waals surface area contributed by atoms with Crippen molar-refractivity contribution in [3.8, 4) is 0 Å². The average molecular weight is 451 g/mol. The van der Waals surface area contributed by atoms with Crippen molar-refractivity contribution >= 4 is 51.1 Å². The molecule has 162 valence electrons. The molecule has 0 saturated carbocycles. The van der Waals surface area contributed by atoms with E-state index in [1.54, 1.807) is 0 Å². The minimum atomic E-state index is -0.130. The van der Waals surface area contributed by atoms with Gasteiger partial charge in [-0.2, -0.15) is 0 Å². The number of rotatable bonds is 5. The summed E-state index contributed by atoms with van der Waals surface area (Å²) in [7, 11) is 0. The summed E-state index contributed by atoms with van der Waals surface area (Å²) in [4.78, 5) is 26.7. The smallest absolute Gasteiger partial charge is 0.255 e. The summed E-state index contributed by atoms with van der Waals surface area (Å²) in [5.74, 6) is 0.224. The molecule has 0 aliphatic carbocycles. The van der Waals surface area contributed by atoms with E-state index in [9.17, 15) is 9.59 Å². The highest BCUT2D eigenvalue weighted by Crippen LogP contribution is 2.30. The number of carbonyl (C=O) groups is 2. The molecule has 0 unspecified atom stereocenters. The zero-order valence-corrected chi connectivity index (χ0v) is 18.9. The largest absolute Gasteiger partial charge is 0.322 e. The summed E-state index contributed by atoms with van der Waals surface area (Å²) in [5, 5.41) is 5.10. The van der Waals surface area contributed by atoms with E-state index in [1.165, 1.54) is 11.8 Å². The van der Waals surface area contributed by atoms with E-state index < -0.39 is 0 Å². The summed E-state index contributed by atoms with van der Waals surface area (Å²) in [6.07, 6.45) is 0. The van der Waals surface area contributed by atoms with Gasteiger partial charge in [-0.1, -0.05) is 54.6 Å². The second kappa shape index (κ2) is 8.96. The minimum absolute atomic E-state index is 0.0364. The van der Waals surface area contributed by atoms with Crippen molar-refractivity contribution in [1.29, 1.82) is 0 Å². The molecule has 5 rings (SSSR count). The summed E-state index contributed by atoms with van der Waals surface area (Å²) in [6, 6.07) is 31.1. The molecule has 5 heteroatoms. The van der Waals surface area contributed by atoms with Gasteiger partial charge < -0.3 is 5.32 Å². The van der Waals surface area contributed by atoms with Gasteiger partial charge in [-0.25, -0.2) is 0 Å². The van der Waals surface area contributed by atoms with Gasteiger partial charge in [0.1, 0.15) is 0 Å². The lowest BCUT2D eigenvalue weighted by Gasteiger charge is -2.09. The van der Waals surface area contributed by atoms with Crippen molar-refractivity contribution in [2.75, 3.05) is 11.1 Å². The normalized spacial score (nSPS) is 11.1. The first-order valence-corrected chi connectivity index (χ1v) is 11.7. The Bertz CT molecular complexity index is 1430. The summed E-state index contributed by atoms with van der Waals surface area (Å²) in [6.45, 7) is 1.92. The van der Waals surface area contributed by atoms with E-state index >= 15 is 0 Å². The van der Waals surface area contributed by atoms with Crippen LogP contribution in [0.2, 0.25) is 0 Å². The fourth-order valence-corrected chi connectivity index (χ4v) is 4.81. The second-order valence-electron chi connectivity index (χ2n) is 7.85. The van der Waals surface area contributed by atoms with E-state index in [4.69, 9.17) is 0 Å². The Balaban J connectivity index is 1.30. The lowest BCUT2D eigenvalue weighted by atomic mass is 10.1. The third kappa shape index (κ3) is 4.15.